The quantitative estimate of drug-likeness (QED) is 0.468. The summed E-state index contributed by atoms with van der Waals surface area (Å²) in [5, 5.41) is 22.0. The average molecular weight is 406 g/mol. The predicted molar refractivity (Wildman–Crippen MR) is 118 cm³/mol. The fourth-order valence-electron chi connectivity index (χ4n) is 4.12. The molecular weight excluding hydrogens is 380 g/mol. The summed E-state index contributed by atoms with van der Waals surface area (Å²) in [6.07, 6.45) is 1.69. The van der Waals surface area contributed by atoms with E-state index in [0.29, 0.717) is 35.5 Å². The maximum atomic E-state index is 13.6. The summed E-state index contributed by atoms with van der Waals surface area (Å²) in [4.78, 5) is 13.6. The number of hydrogen-bond acceptors (Lipinski definition) is 5. The minimum absolute atomic E-state index is 0.123. The number of ether oxygens (including phenoxy) is 1. The number of benzene rings is 2. The Bertz CT molecular complexity index is 1270. The van der Waals surface area contributed by atoms with E-state index in [4.69, 9.17) is 9.15 Å². The Morgan fingerprint density at radius 2 is 2.00 bits per heavy atom. The summed E-state index contributed by atoms with van der Waals surface area (Å²) in [5.41, 5.74) is 4.30. The van der Waals surface area contributed by atoms with E-state index in [9.17, 15) is 15.0 Å². The first kappa shape index (κ1) is 20.2. The summed E-state index contributed by atoms with van der Waals surface area (Å²) < 4.78 is 12.1. The van der Waals surface area contributed by atoms with Gasteiger partial charge in [-0.2, -0.15) is 0 Å². The van der Waals surface area contributed by atoms with Crippen LogP contribution in [0.4, 0.5) is 0 Å². The number of hydrogen-bond donors (Lipinski definition) is 2. The van der Waals surface area contributed by atoms with E-state index >= 15 is 0 Å². The Hall–Kier alpha value is -3.05. The molecule has 0 radical (unpaired) electrons. The minimum Gasteiger partial charge on any atom is -0.507 e. The van der Waals surface area contributed by atoms with Crippen LogP contribution in [0, 0.1) is 12.8 Å². The van der Waals surface area contributed by atoms with Crippen LogP contribution in [0.15, 0.2) is 51.2 Å². The van der Waals surface area contributed by atoms with Crippen molar-refractivity contribution in [3.63, 3.8) is 0 Å². The molecule has 2 heterocycles. The molecule has 2 aromatic carbocycles. The van der Waals surface area contributed by atoms with Gasteiger partial charge in [0.25, 0.3) is 0 Å². The lowest BCUT2D eigenvalue weighted by Gasteiger charge is -2.32. The molecule has 2 N–H and O–H groups in total. The minimum atomic E-state index is -0.940. The van der Waals surface area contributed by atoms with Gasteiger partial charge in [-0.15, -0.1) is 0 Å². The van der Waals surface area contributed by atoms with Gasteiger partial charge in [0.1, 0.15) is 28.1 Å². The number of fused-ring (bicyclic) bond motifs is 4. The van der Waals surface area contributed by atoms with Crippen LogP contribution in [0.3, 0.4) is 0 Å². The second kappa shape index (κ2) is 7.33. The van der Waals surface area contributed by atoms with Gasteiger partial charge in [0.2, 0.25) is 5.43 Å². The van der Waals surface area contributed by atoms with E-state index in [1.165, 1.54) is 6.07 Å². The Morgan fingerprint density at radius 3 is 2.67 bits per heavy atom. The summed E-state index contributed by atoms with van der Waals surface area (Å²) in [7, 11) is 0. The van der Waals surface area contributed by atoms with Crippen molar-refractivity contribution in [2.45, 2.75) is 40.2 Å². The molecule has 0 unspecified atom stereocenters. The van der Waals surface area contributed by atoms with Crippen molar-refractivity contribution in [2.24, 2.45) is 5.92 Å². The second-order valence-electron chi connectivity index (χ2n) is 8.38. The van der Waals surface area contributed by atoms with Gasteiger partial charge in [-0.25, -0.2) is 0 Å². The number of aliphatic hydroxyl groups excluding tert-OH is 1. The van der Waals surface area contributed by atoms with Gasteiger partial charge in [-0.3, -0.25) is 4.79 Å². The van der Waals surface area contributed by atoms with Gasteiger partial charge < -0.3 is 19.4 Å². The number of aliphatic hydroxyl groups is 1. The van der Waals surface area contributed by atoms with Gasteiger partial charge in [0, 0.05) is 11.5 Å². The standard InChI is InChI=1S/C25H26O5/c1-12(2)6-7-15-8-9-17(26)19-23(28)20-18(30-25(15)19)10-14(5)24-21(20)22(27)16(11-29-24)13(3)4/h6,8-10,16,22,26-27H,3,7,11H2,1-2,4-5H3/t16-,22+/m0/s1. The first-order valence-corrected chi connectivity index (χ1v) is 10.0. The Labute approximate surface area is 174 Å². The third-order valence-corrected chi connectivity index (χ3v) is 5.80. The zero-order chi connectivity index (χ0) is 21.7. The van der Waals surface area contributed by atoms with Crippen LogP contribution in [0.2, 0.25) is 0 Å². The van der Waals surface area contributed by atoms with E-state index in [0.717, 1.165) is 22.3 Å². The number of allylic oxidation sites excluding steroid dienone is 2. The van der Waals surface area contributed by atoms with Crippen LogP contribution in [0.5, 0.6) is 11.5 Å². The largest absolute Gasteiger partial charge is 0.507 e. The molecule has 0 aliphatic carbocycles. The van der Waals surface area contributed by atoms with Crippen molar-refractivity contribution in [2.75, 3.05) is 6.61 Å². The van der Waals surface area contributed by atoms with E-state index in [1.54, 1.807) is 12.1 Å². The summed E-state index contributed by atoms with van der Waals surface area (Å²) in [6.45, 7) is 12.0. The molecule has 0 fully saturated rings. The zero-order valence-electron chi connectivity index (χ0n) is 17.7. The molecule has 30 heavy (non-hydrogen) atoms. The van der Waals surface area contributed by atoms with Crippen molar-refractivity contribution >= 4 is 21.9 Å². The molecule has 0 saturated heterocycles. The molecule has 0 amide bonds. The molecule has 0 spiro atoms. The normalized spacial score (nSPS) is 18.2. The van der Waals surface area contributed by atoms with E-state index in [-0.39, 0.29) is 27.9 Å². The maximum absolute atomic E-state index is 13.6. The first-order chi connectivity index (χ1) is 14.2. The van der Waals surface area contributed by atoms with Crippen LogP contribution in [-0.4, -0.2) is 16.8 Å². The molecule has 1 aromatic heterocycles. The van der Waals surface area contributed by atoms with Crippen LogP contribution < -0.4 is 10.2 Å². The molecule has 0 saturated carbocycles. The van der Waals surface area contributed by atoms with Gasteiger partial charge >= 0.3 is 0 Å². The molecule has 0 bridgehead atoms. The summed E-state index contributed by atoms with van der Waals surface area (Å²) in [5.74, 6) is 0.0353. The number of aryl methyl sites for hydroxylation is 1. The molecule has 3 aromatic rings. The van der Waals surface area contributed by atoms with Gasteiger partial charge in [-0.1, -0.05) is 29.9 Å². The third-order valence-electron chi connectivity index (χ3n) is 5.80. The van der Waals surface area contributed by atoms with Crippen molar-refractivity contribution in [1.29, 1.82) is 0 Å². The molecule has 4 rings (SSSR count). The van der Waals surface area contributed by atoms with Crippen molar-refractivity contribution in [3.05, 3.63) is 68.9 Å². The molecule has 1 aliphatic heterocycles. The van der Waals surface area contributed by atoms with Crippen LogP contribution in [-0.2, 0) is 6.42 Å². The molecule has 2 atom stereocenters. The Morgan fingerprint density at radius 1 is 1.27 bits per heavy atom. The second-order valence-corrected chi connectivity index (χ2v) is 8.38. The van der Waals surface area contributed by atoms with Gasteiger partial charge in [0.15, 0.2) is 0 Å². The van der Waals surface area contributed by atoms with E-state index < -0.39 is 6.10 Å². The lowest BCUT2D eigenvalue weighted by atomic mass is 9.85. The topological polar surface area (TPSA) is 79.9 Å². The molecule has 5 nitrogen and oxygen atoms in total. The SMILES string of the molecule is C=C(C)[C@@H]1COc2c(C)cc3oc4c(CC=C(C)C)ccc(O)c4c(=O)c3c2[C@@H]1O. The maximum Gasteiger partial charge on any atom is 0.204 e. The Balaban J connectivity index is 2.10. The van der Waals surface area contributed by atoms with Gasteiger partial charge in [0.05, 0.1) is 18.1 Å². The lowest BCUT2D eigenvalue weighted by molar-refractivity contribution is 0.0701. The average Bonchev–Trinajstić information content (AvgIpc) is 2.67. The molecule has 5 heteroatoms. The fourth-order valence-corrected chi connectivity index (χ4v) is 4.12. The zero-order valence-corrected chi connectivity index (χ0v) is 17.7. The van der Waals surface area contributed by atoms with Crippen molar-refractivity contribution in [3.8, 4) is 11.5 Å². The summed E-state index contributed by atoms with van der Waals surface area (Å²) >= 11 is 0. The predicted octanol–water partition coefficient (Wildman–Crippen LogP) is 5.09. The number of phenolic OH excluding ortho intramolecular Hbond substituents is 1. The highest BCUT2D eigenvalue weighted by atomic mass is 16.5. The highest BCUT2D eigenvalue weighted by Crippen LogP contribution is 2.44. The van der Waals surface area contributed by atoms with Crippen molar-refractivity contribution < 1.29 is 19.4 Å². The number of aromatic hydroxyl groups is 1. The first-order valence-electron chi connectivity index (χ1n) is 10.0. The smallest absolute Gasteiger partial charge is 0.204 e. The fraction of sp³-hybridized carbons (Fsp3) is 0.320. The highest BCUT2D eigenvalue weighted by molar-refractivity contribution is 5.97. The highest BCUT2D eigenvalue weighted by Gasteiger charge is 2.34. The van der Waals surface area contributed by atoms with E-state index in [2.05, 4.69) is 6.58 Å². The third kappa shape index (κ3) is 3.10. The van der Waals surface area contributed by atoms with Crippen LogP contribution >= 0.6 is 0 Å². The molecule has 156 valence electrons. The summed E-state index contributed by atoms with van der Waals surface area (Å²) in [6, 6.07) is 5.05. The number of phenols is 1. The number of rotatable bonds is 3. The van der Waals surface area contributed by atoms with Crippen LogP contribution in [0.25, 0.3) is 21.9 Å². The van der Waals surface area contributed by atoms with Gasteiger partial charge in [-0.05, 0) is 57.4 Å². The lowest BCUT2D eigenvalue weighted by Crippen LogP contribution is -2.28. The Kier molecular flexibility index (Phi) is 4.94. The van der Waals surface area contributed by atoms with Crippen LogP contribution in [0.1, 0.15) is 43.6 Å². The monoisotopic (exact) mass is 406 g/mol. The van der Waals surface area contributed by atoms with E-state index in [1.807, 2.05) is 33.8 Å². The molecular formula is C25H26O5. The van der Waals surface area contributed by atoms with Crippen molar-refractivity contribution in [1.82, 2.24) is 0 Å². The molecule has 1 aliphatic rings.